The van der Waals surface area contributed by atoms with E-state index in [1.54, 1.807) is 6.20 Å². The number of nitriles is 1. The monoisotopic (exact) mass is 284 g/mol. The van der Waals surface area contributed by atoms with Crippen LogP contribution < -0.4 is 4.90 Å². The van der Waals surface area contributed by atoms with Gasteiger partial charge < -0.3 is 9.64 Å². The van der Waals surface area contributed by atoms with Crippen LogP contribution in [0.2, 0.25) is 0 Å². The van der Waals surface area contributed by atoms with Gasteiger partial charge in [0.1, 0.15) is 11.9 Å². The van der Waals surface area contributed by atoms with E-state index in [4.69, 9.17) is 4.74 Å². The highest BCUT2D eigenvalue weighted by Gasteiger charge is 2.43. The summed E-state index contributed by atoms with van der Waals surface area (Å²) in [7, 11) is 0. The van der Waals surface area contributed by atoms with Crippen molar-refractivity contribution in [2.75, 3.05) is 37.7 Å². The Morgan fingerprint density at radius 3 is 3.00 bits per heavy atom. The Morgan fingerprint density at radius 2 is 2.19 bits per heavy atom. The zero-order valence-corrected chi connectivity index (χ0v) is 12.1. The topological polar surface area (TPSA) is 52.4 Å². The van der Waals surface area contributed by atoms with Gasteiger partial charge in [0.05, 0.1) is 24.8 Å². The number of anilines is 1. The summed E-state index contributed by atoms with van der Waals surface area (Å²) >= 11 is 0. The molecule has 3 fully saturated rings. The number of nitrogens with zero attached hydrogens (tertiary/aromatic N) is 4. The van der Waals surface area contributed by atoms with Gasteiger partial charge in [0.15, 0.2) is 0 Å². The molecule has 0 spiro atoms. The fraction of sp³-hybridized carbons (Fsp3) is 0.625. The van der Waals surface area contributed by atoms with E-state index in [-0.39, 0.29) is 0 Å². The average Bonchev–Trinajstić information content (AvgIpc) is 3.38. The number of fused-ring (bicyclic) bond motifs is 1. The highest BCUT2D eigenvalue weighted by Crippen LogP contribution is 2.38. The van der Waals surface area contributed by atoms with Gasteiger partial charge in [0, 0.05) is 31.9 Å². The maximum atomic E-state index is 9.25. The van der Waals surface area contributed by atoms with E-state index in [9.17, 15) is 5.26 Å². The lowest BCUT2D eigenvalue weighted by molar-refractivity contribution is -0.0603. The van der Waals surface area contributed by atoms with E-state index in [0.717, 1.165) is 44.6 Å². The second-order valence-electron chi connectivity index (χ2n) is 6.27. The van der Waals surface area contributed by atoms with Crippen molar-refractivity contribution in [3.8, 4) is 6.07 Å². The Kier molecular flexibility index (Phi) is 3.28. The Labute approximate surface area is 125 Å². The molecule has 1 aromatic heterocycles. The Bertz CT molecular complexity index is 566. The summed E-state index contributed by atoms with van der Waals surface area (Å²) in [5, 5.41) is 9.25. The SMILES string of the molecule is N#Cc1cccnc1N1CCN2[C@@H](COC[C@@H]2C2CC2)C1. The molecule has 5 nitrogen and oxygen atoms in total. The summed E-state index contributed by atoms with van der Waals surface area (Å²) in [6, 6.07) is 6.98. The Balaban J connectivity index is 1.53. The minimum absolute atomic E-state index is 0.437. The van der Waals surface area contributed by atoms with E-state index in [1.165, 1.54) is 12.8 Å². The number of hydrogen-bond donors (Lipinski definition) is 0. The summed E-state index contributed by atoms with van der Waals surface area (Å²) in [5.74, 6) is 1.68. The molecule has 1 aromatic rings. The van der Waals surface area contributed by atoms with Gasteiger partial charge in [0.2, 0.25) is 0 Å². The predicted octanol–water partition coefficient (Wildman–Crippen LogP) is 1.25. The fourth-order valence-corrected chi connectivity index (χ4v) is 3.69. The summed E-state index contributed by atoms with van der Waals surface area (Å²) in [6.45, 7) is 4.61. The lowest BCUT2D eigenvalue weighted by Gasteiger charge is -2.48. The van der Waals surface area contributed by atoms with Crippen LogP contribution in [-0.4, -0.2) is 54.8 Å². The standard InChI is InChI=1S/C16H20N4O/c17-8-13-2-1-5-18-16(13)19-6-7-20-14(9-19)10-21-11-15(20)12-3-4-12/h1-2,5,12,14-15H,3-4,6-7,9-11H2/t14-,15-/m1/s1. The molecule has 5 heteroatoms. The van der Waals surface area contributed by atoms with Crippen LogP contribution in [0.3, 0.4) is 0 Å². The molecule has 0 radical (unpaired) electrons. The summed E-state index contributed by atoms with van der Waals surface area (Å²) in [4.78, 5) is 9.32. The molecule has 0 aromatic carbocycles. The molecule has 2 aliphatic heterocycles. The smallest absolute Gasteiger partial charge is 0.146 e. The zero-order chi connectivity index (χ0) is 14.2. The van der Waals surface area contributed by atoms with Gasteiger partial charge in [0.25, 0.3) is 0 Å². The maximum absolute atomic E-state index is 9.25. The first kappa shape index (κ1) is 13.1. The Hall–Kier alpha value is -1.64. The highest BCUT2D eigenvalue weighted by molar-refractivity contribution is 5.53. The van der Waals surface area contributed by atoms with Gasteiger partial charge in [-0.2, -0.15) is 5.26 Å². The van der Waals surface area contributed by atoms with Crippen LogP contribution in [0.1, 0.15) is 18.4 Å². The van der Waals surface area contributed by atoms with Crippen LogP contribution in [0.25, 0.3) is 0 Å². The van der Waals surface area contributed by atoms with E-state index < -0.39 is 0 Å². The molecule has 0 unspecified atom stereocenters. The van der Waals surface area contributed by atoms with Gasteiger partial charge in [-0.15, -0.1) is 0 Å². The first-order valence-corrected chi connectivity index (χ1v) is 7.80. The van der Waals surface area contributed by atoms with Gasteiger partial charge in [-0.05, 0) is 30.9 Å². The van der Waals surface area contributed by atoms with Crippen LogP contribution >= 0.6 is 0 Å². The molecule has 21 heavy (non-hydrogen) atoms. The number of hydrogen-bond acceptors (Lipinski definition) is 5. The second kappa shape index (κ2) is 5.28. The van der Waals surface area contributed by atoms with Crippen LogP contribution in [0.5, 0.6) is 0 Å². The number of morpholine rings is 1. The molecule has 3 heterocycles. The van der Waals surface area contributed by atoms with Crippen molar-refractivity contribution in [1.82, 2.24) is 9.88 Å². The number of rotatable bonds is 2. The molecule has 0 amide bonds. The summed E-state index contributed by atoms with van der Waals surface area (Å²) in [5.41, 5.74) is 0.668. The third-order valence-corrected chi connectivity index (χ3v) is 4.93. The molecule has 0 N–H and O–H groups in total. The summed E-state index contributed by atoms with van der Waals surface area (Å²) in [6.07, 6.45) is 4.49. The number of aromatic nitrogens is 1. The predicted molar refractivity (Wildman–Crippen MR) is 79.0 cm³/mol. The lowest BCUT2D eigenvalue weighted by Crippen LogP contribution is -2.62. The quantitative estimate of drug-likeness (QED) is 0.818. The minimum Gasteiger partial charge on any atom is -0.378 e. The van der Waals surface area contributed by atoms with Crippen molar-refractivity contribution < 1.29 is 4.74 Å². The van der Waals surface area contributed by atoms with E-state index >= 15 is 0 Å². The third kappa shape index (κ3) is 2.39. The van der Waals surface area contributed by atoms with Crippen LogP contribution in [0, 0.1) is 17.2 Å². The van der Waals surface area contributed by atoms with Crippen molar-refractivity contribution in [1.29, 1.82) is 5.26 Å². The number of ether oxygens (including phenoxy) is 1. The number of piperazine rings is 1. The van der Waals surface area contributed by atoms with Crippen molar-refractivity contribution in [3.63, 3.8) is 0 Å². The molecule has 3 aliphatic rings. The molecule has 1 aliphatic carbocycles. The third-order valence-electron chi connectivity index (χ3n) is 4.93. The average molecular weight is 284 g/mol. The second-order valence-corrected chi connectivity index (χ2v) is 6.27. The maximum Gasteiger partial charge on any atom is 0.146 e. The first-order valence-electron chi connectivity index (χ1n) is 7.80. The van der Waals surface area contributed by atoms with Crippen molar-refractivity contribution in [2.24, 2.45) is 5.92 Å². The fourth-order valence-electron chi connectivity index (χ4n) is 3.69. The normalized spacial score (nSPS) is 29.8. The van der Waals surface area contributed by atoms with Gasteiger partial charge >= 0.3 is 0 Å². The van der Waals surface area contributed by atoms with Crippen molar-refractivity contribution >= 4 is 5.82 Å². The highest BCUT2D eigenvalue weighted by atomic mass is 16.5. The summed E-state index contributed by atoms with van der Waals surface area (Å²) < 4.78 is 5.84. The van der Waals surface area contributed by atoms with E-state index in [2.05, 4.69) is 20.9 Å². The van der Waals surface area contributed by atoms with E-state index in [0.29, 0.717) is 17.6 Å². The van der Waals surface area contributed by atoms with Crippen molar-refractivity contribution in [3.05, 3.63) is 23.9 Å². The van der Waals surface area contributed by atoms with Gasteiger partial charge in [-0.3, -0.25) is 4.90 Å². The Morgan fingerprint density at radius 1 is 1.29 bits per heavy atom. The molecule has 110 valence electrons. The molecule has 0 bridgehead atoms. The largest absolute Gasteiger partial charge is 0.378 e. The minimum atomic E-state index is 0.437. The van der Waals surface area contributed by atoms with Crippen LogP contribution in [0.15, 0.2) is 18.3 Å². The molecule has 1 saturated carbocycles. The van der Waals surface area contributed by atoms with Crippen LogP contribution in [0.4, 0.5) is 5.82 Å². The lowest BCUT2D eigenvalue weighted by atomic mass is 10.0. The molecule has 4 rings (SSSR count). The first-order chi connectivity index (χ1) is 10.4. The molecule has 2 atom stereocenters. The van der Waals surface area contributed by atoms with Gasteiger partial charge in [-0.1, -0.05) is 0 Å². The van der Waals surface area contributed by atoms with Gasteiger partial charge in [-0.25, -0.2) is 4.98 Å². The van der Waals surface area contributed by atoms with E-state index in [1.807, 2.05) is 12.1 Å². The van der Waals surface area contributed by atoms with Crippen LogP contribution in [-0.2, 0) is 4.74 Å². The molecule has 2 saturated heterocycles. The molecular weight excluding hydrogens is 264 g/mol. The number of pyridine rings is 1. The molecular formula is C16H20N4O. The zero-order valence-electron chi connectivity index (χ0n) is 12.1. The van der Waals surface area contributed by atoms with Crippen molar-refractivity contribution in [2.45, 2.75) is 24.9 Å².